The molecule has 1 aliphatic carbocycles. The number of carbonyl (C=O) groups excluding carboxylic acids is 1. The summed E-state index contributed by atoms with van der Waals surface area (Å²) in [5.74, 6) is -1.02. The number of fused-ring (bicyclic) bond motifs is 1. The number of hydrogen-bond donors (Lipinski definition) is 1. The van der Waals surface area contributed by atoms with Gasteiger partial charge in [0.15, 0.2) is 17.2 Å². The normalized spacial score (nSPS) is 17.5. The van der Waals surface area contributed by atoms with Crippen molar-refractivity contribution in [2.24, 2.45) is 5.92 Å². The van der Waals surface area contributed by atoms with E-state index in [1.165, 1.54) is 29.9 Å². The van der Waals surface area contributed by atoms with Crippen molar-refractivity contribution in [2.75, 3.05) is 7.11 Å². The molecule has 0 atom stereocenters. The van der Waals surface area contributed by atoms with Gasteiger partial charge in [-0.3, -0.25) is 14.3 Å². The van der Waals surface area contributed by atoms with E-state index in [4.69, 9.17) is 16.3 Å². The van der Waals surface area contributed by atoms with Gasteiger partial charge in [-0.05, 0) is 61.9 Å². The second kappa shape index (κ2) is 11.1. The molecule has 4 aromatic rings. The summed E-state index contributed by atoms with van der Waals surface area (Å²) >= 11 is 5.88. The molecular weight excluding hydrogens is 535 g/mol. The van der Waals surface area contributed by atoms with Crippen LogP contribution in [0.15, 0.2) is 53.6 Å². The number of methoxy groups -OCH3 is 1. The smallest absolute Gasteiger partial charge is 0.334 e. The van der Waals surface area contributed by atoms with Crippen LogP contribution in [0.25, 0.3) is 16.9 Å². The van der Waals surface area contributed by atoms with E-state index >= 15 is 0 Å². The van der Waals surface area contributed by atoms with Crippen molar-refractivity contribution < 1.29 is 22.7 Å². The summed E-state index contributed by atoms with van der Waals surface area (Å²) < 4.78 is 49.1. The Morgan fingerprint density at radius 1 is 1.18 bits per heavy atom. The van der Waals surface area contributed by atoms with E-state index in [1.54, 1.807) is 29.0 Å². The molecule has 0 radical (unpaired) electrons. The molecule has 0 saturated heterocycles. The van der Waals surface area contributed by atoms with Gasteiger partial charge in [0, 0.05) is 31.0 Å². The quantitative estimate of drug-likeness (QED) is 0.331. The average molecular weight is 560 g/mol. The predicted molar refractivity (Wildman–Crippen MR) is 139 cm³/mol. The highest BCUT2D eigenvalue weighted by atomic mass is 35.5. The Kier molecular flexibility index (Phi) is 7.60. The maximum absolute atomic E-state index is 14.4. The van der Waals surface area contributed by atoms with Gasteiger partial charge >= 0.3 is 5.69 Å². The number of carbonyl (C=O) groups is 1. The van der Waals surface area contributed by atoms with Gasteiger partial charge in [-0.25, -0.2) is 27.5 Å². The first-order chi connectivity index (χ1) is 18.8. The molecule has 1 aromatic carbocycles. The molecule has 1 amide bonds. The number of ether oxygens (including phenoxy) is 1. The number of imidazole rings is 1. The Labute approximate surface area is 226 Å². The highest BCUT2D eigenvalue weighted by Crippen LogP contribution is 2.29. The topological polar surface area (TPSA) is 91.0 Å². The molecule has 5 rings (SSSR count). The van der Waals surface area contributed by atoms with Crippen LogP contribution in [-0.4, -0.2) is 38.2 Å². The molecule has 8 nitrogen and oxygen atoms in total. The standard InChI is InChI=1S/C27H25ClF3N5O3/c1-39-22-9-8-18(12-20(22)29)36-25-21(3-2-10-32-25)35(27(36)38)14-15-4-6-17(7-5-15)34-26(37)19-11-16(28)13-33-23(19)24(30)31/h2-3,8-13,15,17,24H,4-7,14H2,1H3,(H,34,37)/t15-,17-. The molecule has 0 spiro atoms. The van der Waals surface area contributed by atoms with Crippen molar-refractivity contribution in [2.45, 2.75) is 44.7 Å². The monoisotopic (exact) mass is 559 g/mol. The molecule has 1 fully saturated rings. The number of pyridine rings is 2. The van der Waals surface area contributed by atoms with E-state index in [9.17, 15) is 22.8 Å². The summed E-state index contributed by atoms with van der Waals surface area (Å²) in [6.45, 7) is 0.418. The Morgan fingerprint density at radius 3 is 2.64 bits per heavy atom. The van der Waals surface area contributed by atoms with E-state index in [2.05, 4.69) is 15.3 Å². The van der Waals surface area contributed by atoms with Gasteiger partial charge in [-0.2, -0.15) is 0 Å². The zero-order valence-corrected chi connectivity index (χ0v) is 21.7. The first-order valence-electron chi connectivity index (χ1n) is 12.4. The molecule has 0 aliphatic heterocycles. The highest BCUT2D eigenvalue weighted by molar-refractivity contribution is 6.30. The summed E-state index contributed by atoms with van der Waals surface area (Å²) in [6, 6.07) is 8.82. The zero-order valence-electron chi connectivity index (χ0n) is 20.9. The Morgan fingerprint density at radius 2 is 1.95 bits per heavy atom. The second-order valence-electron chi connectivity index (χ2n) is 9.47. The fourth-order valence-electron chi connectivity index (χ4n) is 5.11. The summed E-state index contributed by atoms with van der Waals surface area (Å²) in [7, 11) is 1.37. The van der Waals surface area contributed by atoms with Crippen LogP contribution in [0.5, 0.6) is 5.75 Å². The lowest BCUT2D eigenvalue weighted by atomic mass is 9.85. The Hall–Kier alpha value is -3.86. The first-order valence-corrected chi connectivity index (χ1v) is 12.8. The molecule has 0 unspecified atom stereocenters. The number of nitrogens with zero attached hydrogens (tertiary/aromatic N) is 4. The summed E-state index contributed by atoms with van der Waals surface area (Å²) in [4.78, 5) is 34.2. The minimum absolute atomic E-state index is 0.0735. The van der Waals surface area contributed by atoms with E-state index in [0.29, 0.717) is 49.1 Å². The van der Waals surface area contributed by atoms with Gasteiger partial charge in [0.05, 0.1) is 28.9 Å². The number of aromatic nitrogens is 4. The van der Waals surface area contributed by atoms with Crippen molar-refractivity contribution in [1.82, 2.24) is 24.4 Å². The number of amides is 1. The third kappa shape index (κ3) is 5.36. The van der Waals surface area contributed by atoms with Crippen molar-refractivity contribution in [3.63, 3.8) is 0 Å². The van der Waals surface area contributed by atoms with Crippen LogP contribution in [0.3, 0.4) is 0 Å². The van der Waals surface area contributed by atoms with Gasteiger partial charge in [0.1, 0.15) is 5.69 Å². The maximum Gasteiger partial charge on any atom is 0.334 e. The van der Waals surface area contributed by atoms with Crippen LogP contribution in [0.2, 0.25) is 5.02 Å². The Bertz CT molecular complexity index is 1580. The minimum atomic E-state index is -2.90. The number of rotatable bonds is 7. The average Bonchev–Trinajstić information content (AvgIpc) is 3.20. The number of hydrogen-bond acceptors (Lipinski definition) is 5. The van der Waals surface area contributed by atoms with Gasteiger partial charge in [0.25, 0.3) is 12.3 Å². The van der Waals surface area contributed by atoms with E-state index in [0.717, 1.165) is 6.20 Å². The van der Waals surface area contributed by atoms with Gasteiger partial charge < -0.3 is 10.1 Å². The maximum atomic E-state index is 14.4. The third-order valence-electron chi connectivity index (χ3n) is 7.04. The van der Waals surface area contributed by atoms with Crippen molar-refractivity contribution in [3.8, 4) is 11.4 Å². The fourth-order valence-corrected chi connectivity index (χ4v) is 5.26. The molecule has 1 N–H and O–H groups in total. The largest absolute Gasteiger partial charge is 0.494 e. The lowest BCUT2D eigenvalue weighted by molar-refractivity contribution is 0.0904. The fraction of sp³-hybridized carbons (Fsp3) is 0.333. The highest BCUT2D eigenvalue weighted by Gasteiger charge is 2.27. The first kappa shape index (κ1) is 26.7. The second-order valence-corrected chi connectivity index (χ2v) is 9.91. The lowest BCUT2D eigenvalue weighted by Gasteiger charge is -2.29. The van der Waals surface area contributed by atoms with Crippen LogP contribution < -0.4 is 15.7 Å². The third-order valence-corrected chi connectivity index (χ3v) is 7.25. The molecule has 12 heteroatoms. The van der Waals surface area contributed by atoms with Crippen LogP contribution in [-0.2, 0) is 6.54 Å². The van der Waals surface area contributed by atoms with E-state index in [-0.39, 0.29) is 34.0 Å². The minimum Gasteiger partial charge on any atom is -0.494 e. The van der Waals surface area contributed by atoms with E-state index < -0.39 is 23.8 Å². The lowest BCUT2D eigenvalue weighted by Crippen LogP contribution is -2.39. The molecule has 0 bridgehead atoms. The molecule has 1 saturated carbocycles. The van der Waals surface area contributed by atoms with Crippen molar-refractivity contribution in [1.29, 1.82) is 0 Å². The molecule has 204 valence electrons. The van der Waals surface area contributed by atoms with Crippen LogP contribution in [0, 0.1) is 11.7 Å². The van der Waals surface area contributed by atoms with Gasteiger partial charge in [-0.15, -0.1) is 0 Å². The molecule has 3 heterocycles. The molecule has 3 aromatic heterocycles. The number of alkyl halides is 2. The van der Waals surface area contributed by atoms with Crippen molar-refractivity contribution >= 4 is 28.7 Å². The van der Waals surface area contributed by atoms with Crippen molar-refractivity contribution in [3.05, 3.63) is 81.4 Å². The van der Waals surface area contributed by atoms with Gasteiger partial charge in [-0.1, -0.05) is 11.6 Å². The summed E-state index contributed by atoms with van der Waals surface area (Å²) in [5.41, 5.74) is 0.204. The van der Waals surface area contributed by atoms with E-state index in [1.807, 2.05) is 0 Å². The summed E-state index contributed by atoms with van der Waals surface area (Å²) in [5, 5.41) is 2.93. The van der Waals surface area contributed by atoms with Crippen LogP contribution >= 0.6 is 11.6 Å². The molecule has 39 heavy (non-hydrogen) atoms. The summed E-state index contributed by atoms with van der Waals surface area (Å²) in [6.07, 6.45) is 2.40. The molecular formula is C27H25ClF3N5O3. The SMILES string of the molecule is COc1ccc(-n2c(=O)n(C[C@H]3CC[C@H](NC(=O)c4cc(Cl)cnc4C(F)F)CC3)c3cccnc32)cc1F. The number of benzene rings is 1. The van der Waals surface area contributed by atoms with Crippen LogP contribution in [0.1, 0.15) is 48.2 Å². The zero-order chi connectivity index (χ0) is 27.7. The van der Waals surface area contributed by atoms with Gasteiger partial charge in [0.2, 0.25) is 0 Å². The Balaban J connectivity index is 1.31. The molecule has 1 aliphatic rings. The number of nitrogens with one attached hydrogen (secondary N) is 1. The predicted octanol–water partition coefficient (Wildman–Crippen LogP) is 5.31. The van der Waals surface area contributed by atoms with Crippen LogP contribution in [0.4, 0.5) is 13.2 Å². The number of halogens is 4.